The Morgan fingerprint density at radius 1 is 1.29 bits per heavy atom. The number of amides is 1. The standard InChI is InChI=1S/C20H26N6O4S/c1-4-6-9-26-17(21)16(18(28)24-20(26)29)25(5-2)15(27)11-31-19-22-13-8-7-12(30-3)10-14(13)23-19/h7-8,10H,4-6,9,11,21H2,1-3H3,(H,22,23)(H,24,28,29). The molecule has 0 bridgehead atoms. The maximum Gasteiger partial charge on any atom is 0.330 e. The summed E-state index contributed by atoms with van der Waals surface area (Å²) in [7, 11) is 1.59. The minimum absolute atomic E-state index is 0.00164. The molecule has 0 saturated carbocycles. The zero-order chi connectivity index (χ0) is 22.5. The molecule has 0 aliphatic carbocycles. The highest BCUT2D eigenvalue weighted by Gasteiger charge is 2.23. The Hall–Kier alpha value is -3.21. The van der Waals surface area contributed by atoms with E-state index in [-0.39, 0.29) is 29.7 Å². The lowest BCUT2D eigenvalue weighted by Gasteiger charge is -2.22. The lowest BCUT2D eigenvalue weighted by atomic mass is 10.3. The Morgan fingerprint density at radius 2 is 2.06 bits per heavy atom. The highest BCUT2D eigenvalue weighted by molar-refractivity contribution is 7.99. The van der Waals surface area contributed by atoms with E-state index in [1.54, 1.807) is 14.0 Å². The summed E-state index contributed by atoms with van der Waals surface area (Å²) in [6.07, 6.45) is 1.58. The number of hydrogen-bond donors (Lipinski definition) is 3. The van der Waals surface area contributed by atoms with Crippen molar-refractivity contribution in [1.82, 2.24) is 19.5 Å². The summed E-state index contributed by atoms with van der Waals surface area (Å²) in [5.41, 5.74) is 6.44. The van der Waals surface area contributed by atoms with E-state index in [2.05, 4.69) is 15.0 Å². The van der Waals surface area contributed by atoms with Crippen LogP contribution in [0.4, 0.5) is 11.5 Å². The highest BCUT2D eigenvalue weighted by Crippen LogP contribution is 2.24. The Balaban J connectivity index is 1.82. The number of ether oxygens (including phenoxy) is 1. The van der Waals surface area contributed by atoms with Gasteiger partial charge >= 0.3 is 5.69 Å². The summed E-state index contributed by atoms with van der Waals surface area (Å²) in [6, 6.07) is 5.46. The second kappa shape index (κ2) is 9.73. The molecule has 0 radical (unpaired) electrons. The maximum atomic E-state index is 12.9. The van der Waals surface area contributed by atoms with Crippen LogP contribution in [0.25, 0.3) is 11.0 Å². The van der Waals surface area contributed by atoms with Gasteiger partial charge in [-0.25, -0.2) is 9.78 Å². The molecule has 3 aromatic rings. The van der Waals surface area contributed by atoms with E-state index < -0.39 is 11.2 Å². The molecule has 0 saturated heterocycles. The SMILES string of the molecule is CCCCn1c(N)c(N(CC)C(=O)CSc2nc3ccc(OC)cc3[nH]2)c(=O)[nH]c1=O. The first kappa shape index (κ1) is 22.5. The van der Waals surface area contributed by atoms with Gasteiger partial charge in [-0.05, 0) is 25.5 Å². The minimum Gasteiger partial charge on any atom is -0.497 e. The van der Waals surface area contributed by atoms with Gasteiger partial charge in [0.15, 0.2) is 10.8 Å². The number of aromatic nitrogens is 4. The number of aromatic amines is 2. The molecule has 0 aliphatic rings. The largest absolute Gasteiger partial charge is 0.497 e. The highest BCUT2D eigenvalue weighted by atomic mass is 32.2. The first-order valence-electron chi connectivity index (χ1n) is 9.99. The van der Waals surface area contributed by atoms with Gasteiger partial charge in [0.25, 0.3) is 5.56 Å². The van der Waals surface area contributed by atoms with E-state index in [4.69, 9.17) is 10.5 Å². The number of nitrogens with zero attached hydrogens (tertiary/aromatic N) is 3. The van der Waals surface area contributed by atoms with Crippen molar-refractivity contribution < 1.29 is 9.53 Å². The third-order valence-electron chi connectivity index (χ3n) is 4.84. The fourth-order valence-corrected chi connectivity index (χ4v) is 3.97. The topological polar surface area (TPSA) is 139 Å². The Labute approximate surface area is 182 Å². The molecule has 1 amide bonds. The van der Waals surface area contributed by atoms with Crippen LogP contribution < -0.4 is 26.6 Å². The first-order valence-corrected chi connectivity index (χ1v) is 11.0. The van der Waals surface area contributed by atoms with Crippen LogP contribution in [0.5, 0.6) is 5.75 Å². The molecule has 10 nitrogen and oxygen atoms in total. The van der Waals surface area contributed by atoms with Gasteiger partial charge < -0.3 is 20.4 Å². The smallest absolute Gasteiger partial charge is 0.330 e. The molecule has 0 atom stereocenters. The van der Waals surface area contributed by atoms with Crippen LogP contribution in [0.1, 0.15) is 26.7 Å². The van der Waals surface area contributed by atoms with Crippen molar-refractivity contribution in [3.8, 4) is 5.75 Å². The third kappa shape index (κ3) is 4.76. The molecule has 3 rings (SSSR count). The molecule has 4 N–H and O–H groups in total. The van der Waals surface area contributed by atoms with E-state index in [1.807, 2.05) is 25.1 Å². The van der Waals surface area contributed by atoms with Crippen molar-refractivity contribution in [3.05, 3.63) is 39.0 Å². The molecule has 31 heavy (non-hydrogen) atoms. The van der Waals surface area contributed by atoms with Gasteiger partial charge in [-0.3, -0.25) is 19.1 Å². The average molecular weight is 447 g/mol. The van der Waals surface area contributed by atoms with E-state index in [1.165, 1.54) is 21.2 Å². The molecule has 166 valence electrons. The second-order valence-corrected chi connectivity index (χ2v) is 7.81. The predicted octanol–water partition coefficient (Wildman–Crippen LogP) is 1.95. The molecule has 0 spiro atoms. The molecular weight excluding hydrogens is 420 g/mol. The third-order valence-corrected chi connectivity index (χ3v) is 5.69. The number of methoxy groups -OCH3 is 1. The van der Waals surface area contributed by atoms with Crippen molar-refractivity contribution in [3.63, 3.8) is 0 Å². The number of fused-ring (bicyclic) bond motifs is 1. The van der Waals surface area contributed by atoms with Gasteiger partial charge in [-0.15, -0.1) is 0 Å². The summed E-state index contributed by atoms with van der Waals surface area (Å²) in [4.78, 5) is 48.7. The zero-order valence-electron chi connectivity index (χ0n) is 17.7. The Bertz CT molecular complexity index is 1200. The molecule has 1 aromatic carbocycles. The molecule has 0 fully saturated rings. The Morgan fingerprint density at radius 3 is 2.74 bits per heavy atom. The van der Waals surface area contributed by atoms with E-state index >= 15 is 0 Å². The number of unbranched alkanes of at least 4 members (excludes halogenated alkanes) is 1. The maximum absolute atomic E-state index is 12.9. The van der Waals surface area contributed by atoms with Crippen LogP contribution in [0.2, 0.25) is 0 Å². The van der Waals surface area contributed by atoms with Gasteiger partial charge in [0.05, 0.1) is 23.9 Å². The normalized spacial score (nSPS) is 11.1. The number of hydrogen-bond acceptors (Lipinski definition) is 7. The number of H-pyrrole nitrogens is 2. The number of thioether (sulfide) groups is 1. The monoisotopic (exact) mass is 446 g/mol. The van der Waals surface area contributed by atoms with Crippen LogP contribution in [0.15, 0.2) is 32.9 Å². The number of nitrogens with one attached hydrogen (secondary N) is 2. The fraction of sp³-hybridized carbons (Fsp3) is 0.400. The number of imidazole rings is 1. The number of anilines is 2. The lowest BCUT2D eigenvalue weighted by Crippen LogP contribution is -2.41. The lowest BCUT2D eigenvalue weighted by molar-refractivity contribution is -0.116. The molecule has 0 unspecified atom stereocenters. The number of nitrogen functional groups attached to an aromatic ring is 1. The second-order valence-electron chi connectivity index (χ2n) is 6.85. The van der Waals surface area contributed by atoms with Crippen molar-refractivity contribution in [2.45, 2.75) is 38.4 Å². The number of rotatable bonds is 9. The van der Waals surface area contributed by atoms with Crippen LogP contribution in [-0.2, 0) is 11.3 Å². The van der Waals surface area contributed by atoms with Crippen molar-refractivity contribution in [1.29, 1.82) is 0 Å². The summed E-state index contributed by atoms with van der Waals surface area (Å²) in [5, 5.41) is 0.572. The molecule has 2 heterocycles. The number of nitrogens with two attached hydrogens (primary N) is 1. The van der Waals surface area contributed by atoms with Crippen molar-refractivity contribution in [2.75, 3.05) is 30.0 Å². The van der Waals surface area contributed by atoms with Crippen molar-refractivity contribution in [2.24, 2.45) is 0 Å². The Kier molecular flexibility index (Phi) is 7.06. The molecule has 11 heteroatoms. The number of carbonyl (C=O) groups excluding carboxylic acids is 1. The molecular formula is C20H26N6O4S. The van der Waals surface area contributed by atoms with Gasteiger partial charge in [-0.2, -0.15) is 0 Å². The summed E-state index contributed by atoms with van der Waals surface area (Å²) in [6.45, 7) is 4.33. The minimum atomic E-state index is -0.675. The zero-order valence-corrected chi connectivity index (χ0v) is 18.5. The van der Waals surface area contributed by atoms with E-state index in [0.29, 0.717) is 17.5 Å². The number of carbonyl (C=O) groups is 1. The van der Waals surface area contributed by atoms with E-state index in [0.717, 1.165) is 23.9 Å². The van der Waals surface area contributed by atoms with Crippen LogP contribution >= 0.6 is 11.8 Å². The molecule has 0 aliphatic heterocycles. The van der Waals surface area contributed by atoms with Crippen molar-refractivity contribution >= 4 is 40.2 Å². The van der Waals surface area contributed by atoms with Gasteiger partial charge in [0.2, 0.25) is 5.91 Å². The number of benzene rings is 1. The summed E-state index contributed by atoms with van der Waals surface area (Å²) in [5.74, 6) is 0.424. The average Bonchev–Trinajstić information content (AvgIpc) is 3.16. The van der Waals surface area contributed by atoms with Gasteiger partial charge in [-0.1, -0.05) is 25.1 Å². The van der Waals surface area contributed by atoms with Crippen LogP contribution in [0, 0.1) is 0 Å². The molecule has 2 aromatic heterocycles. The van der Waals surface area contributed by atoms with Gasteiger partial charge in [0, 0.05) is 19.2 Å². The summed E-state index contributed by atoms with van der Waals surface area (Å²) >= 11 is 1.22. The predicted molar refractivity (Wildman–Crippen MR) is 122 cm³/mol. The van der Waals surface area contributed by atoms with Crippen LogP contribution in [-0.4, -0.2) is 44.8 Å². The quantitative estimate of drug-likeness (QED) is 0.427. The van der Waals surface area contributed by atoms with Gasteiger partial charge in [0.1, 0.15) is 11.6 Å². The van der Waals surface area contributed by atoms with Crippen LogP contribution in [0.3, 0.4) is 0 Å². The summed E-state index contributed by atoms with van der Waals surface area (Å²) < 4.78 is 6.51. The van der Waals surface area contributed by atoms with E-state index in [9.17, 15) is 14.4 Å². The fourth-order valence-electron chi connectivity index (χ4n) is 3.20. The first-order chi connectivity index (χ1) is 14.9.